The average Bonchev–Trinajstić information content (AvgIpc) is 3.06. The lowest BCUT2D eigenvalue weighted by Crippen LogP contribution is -2.22. The zero-order valence-electron chi connectivity index (χ0n) is 15.4. The van der Waals surface area contributed by atoms with Crippen LogP contribution in [0.5, 0.6) is 5.75 Å². The van der Waals surface area contributed by atoms with Crippen molar-refractivity contribution < 1.29 is 22.7 Å². The number of aromatic nitrogens is 1. The lowest BCUT2D eigenvalue weighted by atomic mass is 10.3. The summed E-state index contributed by atoms with van der Waals surface area (Å²) in [5.41, 5.74) is 0.708. The molecule has 0 spiro atoms. The maximum Gasteiger partial charge on any atom is 0.311 e. The van der Waals surface area contributed by atoms with Gasteiger partial charge < -0.3 is 9.47 Å². The maximum atomic E-state index is 12.0. The molecule has 27 heavy (non-hydrogen) atoms. The van der Waals surface area contributed by atoms with Crippen molar-refractivity contribution in [3.05, 3.63) is 35.3 Å². The van der Waals surface area contributed by atoms with Gasteiger partial charge in [0, 0.05) is 25.2 Å². The molecule has 0 aliphatic carbocycles. The number of carbonyl (C=O) groups is 1. The van der Waals surface area contributed by atoms with Crippen LogP contribution in [-0.4, -0.2) is 56.7 Å². The van der Waals surface area contributed by atoms with Gasteiger partial charge in [0.25, 0.3) is 0 Å². The Morgan fingerprint density at radius 3 is 2.59 bits per heavy atom. The molecule has 0 amide bonds. The van der Waals surface area contributed by atoms with Gasteiger partial charge in [-0.2, -0.15) is 0 Å². The van der Waals surface area contributed by atoms with E-state index in [4.69, 9.17) is 9.47 Å². The molecule has 1 heterocycles. The lowest BCUT2D eigenvalue weighted by molar-refractivity contribution is -0.142. The van der Waals surface area contributed by atoms with Gasteiger partial charge in [-0.1, -0.05) is 11.8 Å². The number of carbonyl (C=O) groups excluding carboxylic acids is 1. The van der Waals surface area contributed by atoms with E-state index >= 15 is 0 Å². The topological polar surface area (TPSA) is 85.8 Å². The molecule has 2 rings (SSSR count). The predicted molar refractivity (Wildman–Crippen MR) is 106 cm³/mol. The van der Waals surface area contributed by atoms with Crippen LogP contribution in [0.4, 0.5) is 0 Å². The quantitative estimate of drug-likeness (QED) is 0.325. The van der Waals surface area contributed by atoms with E-state index in [0.29, 0.717) is 30.4 Å². The molecule has 0 saturated carbocycles. The highest BCUT2D eigenvalue weighted by atomic mass is 32.2. The molecule has 0 bridgehead atoms. The first-order valence-corrected chi connectivity index (χ1v) is 11.5. The second kappa shape index (κ2) is 10.1. The van der Waals surface area contributed by atoms with E-state index in [9.17, 15) is 13.2 Å². The second-order valence-corrected chi connectivity index (χ2v) is 9.89. The van der Waals surface area contributed by atoms with Gasteiger partial charge in [0.1, 0.15) is 10.1 Å². The van der Waals surface area contributed by atoms with Crippen molar-refractivity contribution in [3.63, 3.8) is 0 Å². The predicted octanol–water partition coefficient (Wildman–Crippen LogP) is 2.67. The Labute approximate surface area is 167 Å². The Hall–Kier alpha value is -1.62. The maximum absolute atomic E-state index is 12.0. The highest BCUT2D eigenvalue weighted by Gasteiger charge is 2.16. The number of thioether (sulfide) groups is 1. The molecule has 0 saturated heterocycles. The highest BCUT2D eigenvalue weighted by Crippen LogP contribution is 2.23. The third-order valence-electron chi connectivity index (χ3n) is 3.34. The molecule has 0 aliphatic heterocycles. The summed E-state index contributed by atoms with van der Waals surface area (Å²) >= 11 is 3.02. The van der Waals surface area contributed by atoms with E-state index in [1.165, 1.54) is 41.9 Å². The summed E-state index contributed by atoms with van der Waals surface area (Å²) in [5, 5.41) is 1.85. The molecule has 0 atom stereocenters. The molecule has 148 valence electrons. The first kappa shape index (κ1) is 21.7. The molecule has 0 aliphatic rings. The van der Waals surface area contributed by atoms with Crippen molar-refractivity contribution in [2.75, 3.05) is 33.1 Å². The fraction of sp³-hybridized carbons (Fsp3) is 0.412. The summed E-state index contributed by atoms with van der Waals surface area (Å²) in [6, 6.07) is 6.34. The number of benzene rings is 1. The van der Waals surface area contributed by atoms with Crippen LogP contribution in [0.1, 0.15) is 12.6 Å². The second-order valence-electron chi connectivity index (χ2n) is 5.54. The van der Waals surface area contributed by atoms with Crippen LogP contribution in [0, 0.1) is 0 Å². The molecule has 1 aromatic carbocycles. The van der Waals surface area contributed by atoms with E-state index < -0.39 is 10.0 Å². The number of esters is 1. The number of hydrogen-bond acceptors (Lipinski definition) is 8. The summed E-state index contributed by atoms with van der Waals surface area (Å²) in [7, 11) is -0.444. The summed E-state index contributed by atoms with van der Waals surface area (Å²) in [6.07, 6.45) is 0.184. The van der Waals surface area contributed by atoms with E-state index in [1.807, 2.05) is 5.38 Å². The number of thiazole rings is 1. The van der Waals surface area contributed by atoms with Crippen molar-refractivity contribution >= 4 is 39.1 Å². The molecular weight excluding hydrogens is 408 g/mol. The normalized spacial score (nSPS) is 11.6. The van der Waals surface area contributed by atoms with Gasteiger partial charge in [0.05, 0.1) is 30.2 Å². The SMILES string of the molecule is CCOC(=O)Cc1csc(SCCOc2ccc(S(=O)(=O)N(C)C)cc2)n1. The zero-order valence-corrected chi connectivity index (χ0v) is 17.8. The number of sulfonamides is 1. The van der Waals surface area contributed by atoms with Crippen LogP contribution >= 0.6 is 23.1 Å². The van der Waals surface area contributed by atoms with Crippen molar-refractivity contribution in [2.24, 2.45) is 0 Å². The first-order valence-electron chi connectivity index (χ1n) is 8.21. The molecular formula is C17H22N2O5S3. The van der Waals surface area contributed by atoms with E-state index in [1.54, 1.807) is 30.8 Å². The van der Waals surface area contributed by atoms with Gasteiger partial charge >= 0.3 is 5.97 Å². The van der Waals surface area contributed by atoms with Crippen LogP contribution in [0.25, 0.3) is 0 Å². The molecule has 0 radical (unpaired) electrons. The largest absolute Gasteiger partial charge is 0.493 e. The van der Waals surface area contributed by atoms with E-state index in [2.05, 4.69) is 4.98 Å². The fourth-order valence-electron chi connectivity index (χ4n) is 2.00. The van der Waals surface area contributed by atoms with Crippen molar-refractivity contribution in [1.29, 1.82) is 0 Å². The molecule has 2 aromatic rings. The minimum atomic E-state index is -3.43. The number of nitrogens with zero attached hydrogens (tertiary/aromatic N) is 2. The smallest absolute Gasteiger partial charge is 0.311 e. The summed E-state index contributed by atoms with van der Waals surface area (Å²) in [5.74, 6) is 1.02. The Morgan fingerprint density at radius 2 is 1.96 bits per heavy atom. The zero-order chi connectivity index (χ0) is 19.9. The molecule has 0 N–H and O–H groups in total. The third kappa shape index (κ3) is 6.49. The summed E-state index contributed by atoms with van der Waals surface area (Å²) in [4.78, 5) is 16.1. The lowest BCUT2D eigenvalue weighted by Gasteiger charge is -2.12. The van der Waals surface area contributed by atoms with Gasteiger partial charge in [0.15, 0.2) is 0 Å². The van der Waals surface area contributed by atoms with Gasteiger partial charge in [-0.25, -0.2) is 17.7 Å². The van der Waals surface area contributed by atoms with Gasteiger partial charge in [-0.15, -0.1) is 11.3 Å². The average molecular weight is 431 g/mol. The van der Waals surface area contributed by atoms with Crippen molar-refractivity contribution in [3.8, 4) is 5.75 Å². The van der Waals surface area contributed by atoms with Crippen LogP contribution in [0.2, 0.25) is 0 Å². The molecule has 1 aromatic heterocycles. The summed E-state index contributed by atoms with van der Waals surface area (Å²) in [6.45, 7) is 2.59. The highest BCUT2D eigenvalue weighted by molar-refractivity contribution is 8.01. The van der Waals surface area contributed by atoms with Crippen LogP contribution in [0.15, 0.2) is 38.9 Å². The van der Waals surface area contributed by atoms with E-state index in [0.717, 1.165) is 4.34 Å². The molecule has 10 heteroatoms. The van der Waals surface area contributed by atoms with Crippen LogP contribution in [-0.2, 0) is 26.0 Å². The summed E-state index contributed by atoms with van der Waals surface area (Å²) < 4.78 is 36.6. The van der Waals surface area contributed by atoms with Gasteiger partial charge in [-0.05, 0) is 31.2 Å². The Kier molecular flexibility index (Phi) is 8.08. The van der Waals surface area contributed by atoms with Crippen LogP contribution < -0.4 is 4.74 Å². The Bertz CT molecular complexity index is 848. The first-order chi connectivity index (χ1) is 12.8. The van der Waals surface area contributed by atoms with Gasteiger partial charge in [0.2, 0.25) is 10.0 Å². The molecule has 0 fully saturated rings. The molecule has 0 unspecified atom stereocenters. The monoisotopic (exact) mass is 430 g/mol. The standard InChI is InChI=1S/C17H22N2O5S3/c1-4-23-16(20)11-13-12-26-17(18-13)25-10-9-24-14-5-7-15(8-6-14)27(21,22)19(2)3/h5-8,12H,4,9-11H2,1-3H3. The fourth-order valence-corrected chi connectivity index (χ4v) is 4.64. The van der Waals surface area contributed by atoms with Gasteiger partial charge in [-0.3, -0.25) is 4.79 Å². The Balaban J connectivity index is 1.77. The van der Waals surface area contributed by atoms with Crippen LogP contribution in [0.3, 0.4) is 0 Å². The minimum Gasteiger partial charge on any atom is -0.493 e. The third-order valence-corrected chi connectivity index (χ3v) is 7.20. The minimum absolute atomic E-state index is 0.184. The number of rotatable bonds is 10. The Morgan fingerprint density at radius 1 is 1.26 bits per heavy atom. The van der Waals surface area contributed by atoms with Crippen molar-refractivity contribution in [2.45, 2.75) is 22.6 Å². The number of hydrogen-bond donors (Lipinski definition) is 0. The molecule has 7 nitrogen and oxygen atoms in total. The number of ether oxygens (including phenoxy) is 2. The van der Waals surface area contributed by atoms with E-state index in [-0.39, 0.29) is 17.3 Å². The van der Waals surface area contributed by atoms with Crippen molar-refractivity contribution in [1.82, 2.24) is 9.29 Å².